The van der Waals surface area contributed by atoms with Crippen molar-refractivity contribution in [2.75, 3.05) is 26.2 Å². The van der Waals surface area contributed by atoms with Crippen molar-refractivity contribution in [1.29, 1.82) is 0 Å². The summed E-state index contributed by atoms with van der Waals surface area (Å²) in [5.74, 6) is 0.604. The first kappa shape index (κ1) is 22.9. The van der Waals surface area contributed by atoms with Gasteiger partial charge in [0.2, 0.25) is 0 Å². The van der Waals surface area contributed by atoms with Crippen LogP contribution >= 0.6 is 34.8 Å². The molecule has 0 spiro atoms. The molecule has 7 heteroatoms. The average molecular weight is 490 g/mol. The second kappa shape index (κ2) is 10.6. The molecule has 0 aliphatic carbocycles. The highest BCUT2D eigenvalue weighted by atomic mass is 35.5. The Hall–Kier alpha value is -2.24. The molecular weight excluding hydrogens is 467 g/mol. The molecule has 1 amide bonds. The summed E-state index contributed by atoms with van der Waals surface area (Å²) in [5.41, 5.74) is 2.80. The number of benzene rings is 3. The van der Waals surface area contributed by atoms with Gasteiger partial charge in [-0.3, -0.25) is 9.69 Å². The normalized spacial score (nSPS) is 14.4. The fourth-order valence-electron chi connectivity index (χ4n) is 3.69. The van der Waals surface area contributed by atoms with Crippen LogP contribution in [0.5, 0.6) is 5.75 Å². The molecule has 0 atom stereocenters. The third kappa shape index (κ3) is 5.96. The van der Waals surface area contributed by atoms with Crippen molar-refractivity contribution in [2.45, 2.75) is 13.2 Å². The molecule has 0 unspecified atom stereocenters. The number of halogens is 3. The minimum absolute atomic E-state index is 0.0440. The number of ether oxygens (including phenoxy) is 1. The van der Waals surface area contributed by atoms with Gasteiger partial charge in [-0.25, -0.2) is 0 Å². The monoisotopic (exact) mass is 488 g/mol. The first-order valence-electron chi connectivity index (χ1n) is 10.4. The summed E-state index contributed by atoms with van der Waals surface area (Å²) in [4.78, 5) is 17.3. The van der Waals surface area contributed by atoms with E-state index in [1.165, 1.54) is 5.56 Å². The second-order valence-corrected chi connectivity index (χ2v) is 9.04. The molecule has 1 heterocycles. The molecule has 1 aliphatic rings. The molecule has 3 aromatic rings. The lowest BCUT2D eigenvalue weighted by atomic mass is 10.1. The Balaban J connectivity index is 1.32. The fourth-order valence-corrected chi connectivity index (χ4v) is 4.28. The Morgan fingerprint density at radius 1 is 0.812 bits per heavy atom. The highest BCUT2D eigenvalue weighted by Crippen LogP contribution is 2.28. The van der Waals surface area contributed by atoms with Crippen molar-refractivity contribution in [2.24, 2.45) is 0 Å². The van der Waals surface area contributed by atoms with Crippen LogP contribution in [0.3, 0.4) is 0 Å². The quantitative estimate of drug-likeness (QED) is 0.414. The van der Waals surface area contributed by atoms with Crippen molar-refractivity contribution in [3.8, 4) is 5.75 Å². The molecule has 1 aliphatic heterocycles. The van der Waals surface area contributed by atoms with Gasteiger partial charge in [0.25, 0.3) is 5.91 Å². The van der Waals surface area contributed by atoms with Crippen molar-refractivity contribution in [1.82, 2.24) is 9.80 Å². The van der Waals surface area contributed by atoms with E-state index in [9.17, 15) is 4.79 Å². The molecule has 0 bridgehead atoms. The molecule has 0 N–H and O–H groups in total. The van der Waals surface area contributed by atoms with Crippen LogP contribution in [0, 0.1) is 0 Å². The van der Waals surface area contributed by atoms with Gasteiger partial charge in [-0.1, -0.05) is 59.1 Å². The third-order valence-electron chi connectivity index (χ3n) is 5.44. The zero-order valence-electron chi connectivity index (χ0n) is 17.4. The summed E-state index contributed by atoms with van der Waals surface area (Å²) in [6.45, 7) is 4.26. The zero-order chi connectivity index (χ0) is 22.5. The van der Waals surface area contributed by atoms with Crippen LogP contribution < -0.4 is 4.74 Å². The summed E-state index contributed by atoms with van der Waals surface area (Å²) < 4.78 is 5.81. The fraction of sp³-hybridized carbons (Fsp3) is 0.240. The summed E-state index contributed by atoms with van der Waals surface area (Å²) in [5, 5.41) is 1.76. The van der Waals surface area contributed by atoms with Crippen LogP contribution in [-0.4, -0.2) is 41.9 Å². The van der Waals surface area contributed by atoms with E-state index in [-0.39, 0.29) is 5.91 Å². The molecule has 4 rings (SSSR count). The van der Waals surface area contributed by atoms with Crippen molar-refractivity contribution < 1.29 is 9.53 Å². The topological polar surface area (TPSA) is 32.8 Å². The van der Waals surface area contributed by atoms with E-state index in [1.54, 1.807) is 18.2 Å². The van der Waals surface area contributed by atoms with Gasteiger partial charge >= 0.3 is 0 Å². The maximum Gasteiger partial charge on any atom is 0.253 e. The van der Waals surface area contributed by atoms with Crippen LogP contribution in [0.4, 0.5) is 0 Å². The predicted molar refractivity (Wildman–Crippen MR) is 130 cm³/mol. The second-order valence-electron chi connectivity index (χ2n) is 7.76. The third-order valence-corrected chi connectivity index (χ3v) is 6.22. The minimum atomic E-state index is 0.0440. The maximum atomic E-state index is 13.0. The number of nitrogens with zero attached hydrogens (tertiary/aromatic N) is 2. The standard InChI is InChI=1S/C25H23Cl3N2O2/c26-21-6-4-18(5-7-21)16-29-10-12-30(13-11-29)25(31)20-3-1-2-19(14-20)17-32-24-9-8-22(27)15-23(24)28/h1-9,14-15H,10-13,16-17H2. The summed E-state index contributed by atoms with van der Waals surface area (Å²) >= 11 is 18.1. The van der Waals surface area contributed by atoms with E-state index in [0.29, 0.717) is 41.1 Å². The lowest BCUT2D eigenvalue weighted by Crippen LogP contribution is -2.48. The number of amides is 1. The largest absolute Gasteiger partial charge is 0.487 e. The Kier molecular flexibility index (Phi) is 7.59. The predicted octanol–water partition coefficient (Wildman–Crippen LogP) is 6.18. The maximum absolute atomic E-state index is 13.0. The van der Waals surface area contributed by atoms with Crippen LogP contribution in [-0.2, 0) is 13.2 Å². The molecule has 1 fully saturated rings. The molecule has 0 saturated carbocycles. The van der Waals surface area contributed by atoms with Crippen molar-refractivity contribution in [3.05, 3.63) is 98.5 Å². The molecule has 166 valence electrons. The zero-order valence-corrected chi connectivity index (χ0v) is 19.7. The van der Waals surface area contributed by atoms with Crippen LogP contribution in [0.15, 0.2) is 66.7 Å². The molecule has 32 heavy (non-hydrogen) atoms. The number of hydrogen-bond donors (Lipinski definition) is 0. The molecule has 0 aromatic heterocycles. The smallest absolute Gasteiger partial charge is 0.253 e. The molecular formula is C25H23Cl3N2O2. The average Bonchev–Trinajstić information content (AvgIpc) is 2.80. The highest BCUT2D eigenvalue weighted by molar-refractivity contribution is 6.35. The van der Waals surface area contributed by atoms with Gasteiger partial charge in [0.05, 0.1) is 5.02 Å². The highest BCUT2D eigenvalue weighted by Gasteiger charge is 2.22. The van der Waals surface area contributed by atoms with Gasteiger partial charge in [-0.05, 0) is 53.6 Å². The number of hydrogen-bond acceptors (Lipinski definition) is 3. The van der Waals surface area contributed by atoms with E-state index in [1.807, 2.05) is 53.4 Å². The van der Waals surface area contributed by atoms with Gasteiger partial charge in [-0.2, -0.15) is 0 Å². The van der Waals surface area contributed by atoms with E-state index in [4.69, 9.17) is 39.5 Å². The van der Waals surface area contributed by atoms with Crippen LogP contribution in [0.2, 0.25) is 15.1 Å². The van der Waals surface area contributed by atoms with E-state index in [0.717, 1.165) is 30.2 Å². The lowest BCUT2D eigenvalue weighted by Gasteiger charge is -2.34. The Bertz CT molecular complexity index is 1080. The Morgan fingerprint density at radius 2 is 1.53 bits per heavy atom. The summed E-state index contributed by atoms with van der Waals surface area (Å²) in [7, 11) is 0. The summed E-state index contributed by atoms with van der Waals surface area (Å²) in [6, 6.07) is 20.6. The van der Waals surface area contributed by atoms with E-state index < -0.39 is 0 Å². The SMILES string of the molecule is O=C(c1cccc(COc2ccc(Cl)cc2Cl)c1)N1CCN(Cc2ccc(Cl)cc2)CC1. The Morgan fingerprint density at radius 3 is 2.25 bits per heavy atom. The van der Waals surface area contributed by atoms with Gasteiger partial charge in [-0.15, -0.1) is 0 Å². The van der Waals surface area contributed by atoms with Crippen molar-refractivity contribution >= 4 is 40.7 Å². The first-order chi connectivity index (χ1) is 15.5. The number of piperazine rings is 1. The lowest BCUT2D eigenvalue weighted by molar-refractivity contribution is 0.0628. The number of carbonyl (C=O) groups excluding carboxylic acids is 1. The minimum Gasteiger partial charge on any atom is -0.487 e. The number of carbonyl (C=O) groups is 1. The molecule has 0 radical (unpaired) electrons. The van der Waals surface area contributed by atoms with Gasteiger partial charge in [0, 0.05) is 48.3 Å². The van der Waals surface area contributed by atoms with E-state index in [2.05, 4.69) is 4.90 Å². The van der Waals surface area contributed by atoms with Gasteiger partial charge in [0.15, 0.2) is 0 Å². The van der Waals surface area contributed by atoms with E-state index >= 15 is 0 Å². The van der Waals surface area contributed by atoms with Gasteiger partial charge in [0.1, 0.15) is 12.4 Å². The van der Waals surface area contributed by atoms with Crippen LogP contribution in [0.25, 0.3) is 0 Å². The summed E-state index contributed by atoms with van der Waals surface area (Å²) in [6.07, 6.45) is 0. The first-order valence-corrected chi connectivity index (χ1v) is 11.5. The molecule has 3 aromatic carbocycles. The van der Waals surface area contributed by atoms with Crippen molar-refractivity contribution in [3.63, 3.8) is 0 Å². The Labute approximate surface area is 203 Å². The molecule has 4 nitrogen and oxygen atoms in total. The van der Waals surface area contributed by atoms with Gasteiger partial charge < -0.3 is 9.64 Å². The molecule has 1 saturated heterocycles. The number of rotatable bonds is 6. The van der Waals surface area contributed by atoms with Crippen LogP contribution in [0.1, 0.15) is 21.5 Å².